The summed E-state index contributed by atoms with van der Waals surface area (Å²) in [5, 5.41) is 4.04. The van der Waals surface area contributed by atoms with Crippen molar-refractivity contribution in [1.82, 2.24) is 15.3 Å². The molecular weight excluding hydrogens is 225 g/mol. The molecule has 3 nitrogen and oxygen atoms in total. The highest BCUT2D eigenvalue weighted by Crippen LogP contribution is 2.30. The lowest BCUT2D eigenvalue weighted by Crippen LogP contribution is -2.22. The minimum Gasteiger partial charge on any atom is -0.311 e. The van der Waals surface area contributed by atoms with E-state index in [1.165, 1.54) is 11.1 Å². The Kier molecular flexibility index (Phi) is 2.41. The van der Waals surface area contributed by atoms with Gasteiger partial charge in [0, 0.05) is 36.1 Å². The van der Waals surface area contributed by atoms with Gasteiger partial charge in [-0.1, -0.05) is 0 Å². The van der Waals surface area contributed by atoms with Crippen molar-refractivity contribution in [2.24, 2.45) is 0 Å². The first-order chi connectivity index (χ1) is 7.84. The van der Waals surface area contributed by atoms with Crippen molar-refractivity contribution < 1.29 is 4.39 Å². The molecule has 5 heteroatoms. The number of nitrogens with zero attached hydrogens (tertiary/aromatic N) is 2. The molecule has 0 radical (unpaired) electrons. The topological polar surface area (TPSA) is 37.8 Å². The van der Waals surface area contributed by atoms with Gasteiger partial charge < -0.3 is 5.32 Å². The molecule has 0 unspecified atom stereocenters. The number of thiazole rings is 1. The molecule has 1 N–H and O–H groups in total. The number of hydrogen-bond acceptors (Lipinski definition) is 4. The summed E-state index contributed by atoms with van der Waals surface area (Å²) in [4.78, 5) is 9.45. The van der Waals surface area contributed by atoms with E-state index in [-0.39, 0.29) is 5.82 Å². The molecule has 1 aliphatic rings. The first kappa shape index (κ1) is 9.86. The van der Waals surface area contributed by atoms with Crippen LogP contribution in [0.4, 0.5) is 4.39 Å². The van der Waals surface area contributed by atoms with Crippen LogP contribution in [0.2, 0.25) is 0 Å². The number of aromatic nitrogens is 2. The molecule has 2 aromatic heterocycles. The number of hydrogen-bond donors (Lipinski definition) is 1. The van der Waals surface area contributed by atoms with Gasteiger partial charge in [0.25, 0.3) is 0 Å². The van der Waals surface area contributed by atoms with Crippen molar-refractivity contribution in [2.75, 3.05) is 6.54 Å². The number of nitrogens with one attached hydrogen (secondary N) is 1. The Morgan fingerprint density at radius 1 is 1.44 bits per heavy atom. The first-order valence-electron chi connectivity index (χ1n) is 5.14. The standard InChI is InChI=1S/C11H10FN3S/c12-8-5-13-3-1-7(8)11-15-9-2-4-14-6-10(9)16-11/h1,3,5,14H,2,4,6H2. The predicted octanol–water partition coefficient (Wildman–Crippen LogP) is 1.99. The Hall–Kier alpha value is -1.33. The van der Waals surface area contributed by atoms with E-state index in [9.17, 15) is 4.39 Å². The average Bonchev–Trinajstić information content (AvgIpc) is 2.73. The molecule has 0 aliphatic carbocycles. The summed E-state index contributed by atoms with van der Waals surface area (Å²) in [5.41, 5.74) is 1.66. The van der Waals surface area contributed by atoms with E-state index in [2.05, 4.69) is 15.3 Å². The summed E-state index contributed by atoms with van der Waals surface area (Å²) < 4.78 is 13.5. The van der Waals surface area contributed by atoms with Crippen LogP contribution in [-0.4, -0.2) is 16.5 Å². The van der Waals surface area contributed by atoms with Gasteiger partial charge in [0.1, 0.15) is 5.01 Å². The highest BCUT2D eigenvalue weighted by atomic mass is 32.1. The summed E-state index contributed by atoms with van der Waals surface area (Å²) >= 11 is 1.56. The monoisotopic (exact) mass is 235 g/mol. The Morgan fingerprint density at radius 3 is 3.19 bits per heavy atom. The second kappa shape index (κ2) is 3.92. The summed E-state index contributed by atoms with van der Waals surface area (Å²) in [7, 11) is 0. The van der Waals surface area contributed by atoms with Crippen LogP contribution in [0, 0.1) is 5.82 Å². The smallest absolute Gasteiger partial charge is 0.151 e. The molecule has 0 aromatic carbocycles. The van der Waals surface area contributed by atoms with E-state index in [0.717, 1.165) is 30.2 Å². The van der Waals surface area contributed by atoms with Crippen LogP contribution in [0.25, 0.3) is 10.6 Å². The summed E-state index contributed by atoms with van der Waals surface area (Å²) in [6.45, 7) is 1.80. The number of pyridine rings is 1. The van der Waals surface area contributed by atoms with Crippen LogP contribution < -0.4 is 5.32 Å². The third kappa shape index (κ3) is 1.62. The van der Waals surface area contributed by atoms with Crippen molar-refractivity contribution in [3.05, 3.63) is 34.8 Å². The largest absolute Gasteiger partial charge is 0.311 e. The number of rotatable bonds is 1. The maximum atomic E-state index is 13.5. The zero-order chi connectivity index (χ0) is 11.0. The van der Waals surface area contributed by atoms with Gasteiger partial charge in [0.15, 0.2) is 5.82 Å². The summed E-state index contributed by atoms with van der Waals surface area (Å²) in [6, 6.07) is 1.67. The molecule has 1 aliphatic heterocycles. The van der Waals surface area contributed by atoms with Crippen LogP contribution in [-0.2, 0) is 13.0 Å². The van der Waals surface area contributed by atoms with Gasteiger partial charge in [-0.3, -0.25) is 4.98 Å². The molecular formula is C11H10FN3S. The number of halogens is 1. The van der Waals surface area contributed by atoms with Crippen molar-refractivity contribution in [3.63, 3.8) is 0 Å². The molecule has 0 atom stereocenters. The van der Waals surface area contributed by atoms with Crippen LogP contribution in [0.3, 0.4) is 0 Å². The highest BCUT2D eigenvalue weighted by molar-refractivity contribution is 7.15. The molecule has 3 rings (SSSR count). The van der Waals surface area contributed by atoms with Crippen LogP contribution in [0.1, 0.15) is 10.6 Å². The molecule has 0 spiro atoms. The molecule has 82 valence electrons. The fourth-order valence-electron chi connectivity index (χ4n) is 1.79. The summed E-state index contributed by atoms with van der Waals surface area (Å²) in [6.07, 6.45) is 3.75. The molecule has 0 saturated heterocycles. The van der Waals surface area contributed by atoms with E-state index in [1.54, 1.807) is 23.6 Å². The maximum Gasteiger partial charge on any atom is 0.151 e. The van der Waals surface area contributed by atoms with Crippen LogP contribution in [0.5, 0.6) is 0 Å². The molecule has 0 fully saturated rings. The quantitative estimate of drug-likeness (QED) is 0.821. The normalized spacial score (nSPS) is 14.8. The third-order valence-corrected chi connectivity index (χ3v) is 3.74. The molecule has 16 heavy (non-hydrogen) atoms. The SMILES string of the molecule is Fc1cnccc1-c1nc2c(s1)CNCC2. The summed E-state index contributed by atoms with van der Waals surface area (Å²) in [5.74, 6) is -0.304. The lowest BCUT2D eigenvalue weighted by molar-refractivity contribution is 0.624. The molecule has 0 amide bonds. The zero-order valence-corrected chi connectivity index (χ0v) is 9.35. The van der Waals surface area contributed by atoms with Crippen molar-refractivity contribution in [1.29, 1.82) is 0 Å². The van der Waals surface area contributed by atoms with Crippen molar-refractivity contribution >= 4 is 11.3 Å². The molecule has 0 bridgehead atoms. The zero-order valence-electron chi connectivity index (χ0n) is 8.53. The average molecular weight is 235 g/mol. The van der Waals surface area contributed by atoms with Crippen molar-refractivity contribution in [2.45, 2.75) is 13.0 Å². The van der Waals surface area contributed by atoms with E-state index >= 15 is 0 Å². The Balaban J connectivity index is 2.07. The minimum atomic E-state index is -0.304. The van der Waals surface area contributed by atoms with Gasteiger partial charge in [0.2, 0.25) is 0 Å². The Morgan fingerprint density at radius 2 is 2.38 bits per heavy atom. The lowest BCUT2D eigenvalue weighted by atomic mass is 10.2. The minimum absolute atomic E-state index is 0.304. The fraction of sp³-hybridized carbons (Fsp3) is 0.273. The Labute approximate surface area is 96.4 Å². The van der Waals surface area contributed by atoms with Crippen molar-refractivity contribution in [3.8, 4) is 10.6 Å². The maximum absolute atomic E-state index is 13.5. The second-order valence-corrected chi connectivity index (χ2v) is 4.75. The van der Waals surface area contributed by atoms with E-state index in [1.807, 2.05) is 0 Å². The van der Waals surface area contributed by atoms with Crippen LogP contribution >= 0.6 is 11.3 Å². The van der Waals surface area contributed by atoms with Gasteiger partial charge in [-0.15, -0.1) is 11.3 Å². The second-order valence-electron chi connectivity index (χ2n) is 3.67. The highest BCUT2D eigenvalue weighted by Gasteiger charge is 2.17. The van der Waals surface area contributed by atoms with E-state index in [4.69, 9.17) is 0 Å². The molecule has 0 saturated carbocycles. The van der Waals surface area contributed by atoms with Gasteiger partial charge in [-0.05, 0) is 6.07 Å². The molecule has 2 aromatic rings. The van der Waals surface area contributed by atoms with Crippen LogP contribution in [0.15, 0.2) is 18.5 Å². The van der Waals surface area contributed by atoms with Gasteiger partial charge >= 0.3 is 0 Å². The Bertz CT molecular complexity index is 500. The number of fused-ring (bicyclic) bond motifs is 1. The molecule has 3 heterocycles. The first-order valence-corrected chi connectivity index (χ1v) is 5.95. The van der Waals surface area contributed by atoms with Gasteiger partial charge in [-0.2, -0.15) is 0 Å². The fourth-order valence-corrected chi connectivity index (χ4v) is 2.89. The van der Waals surface area contributed by atoms with Gasteiger partial charge in [0.05, 0.1) is 11.9 Å². The van der Waals surface area contributed by atoms with E-state index < -0.39 is 0 Å². The predicted molar refractivity (Wildman–Crippen MR) is 60.7 cm³/mol. The lowest BCUT2D eigenvalue weighted by Gasteiger charge is -2.09. The van der Waals surface area contributed by atoms with E-state index in [0.29, 0.717) is 5.56 Å². The van der Waals surface area contributed by atoms with Gasteiger partial charge in [-0.25, -0.2) is 9.37 Å². The third-order valence-electron chi connectivity index (χ3n) is 2.61.